The van der Waals surface area contributed by atoms with Gasteiger partial charge in [0.25, 0.3) is 0 Å². The van der Waals surface area contributed by atoms with Crippen LogP contribution in [-0.4, -0.2) is 40.8 Å². The Labute approximate surface area is 123 Å². The summed E-state index contributed by atoms with van der Waals surface area (Å²) in [4.78, 5) is 11.7. The van der Waals surface area contributed by atoms with Gasteiger partial charge in [-0.15, -0.1) is 0 Å². The number of anilines is 1. The van der Waals surface area contributed by atoms with Gasteiger partial charge in [0.2, 0.25) is 10.0 Å². The predicted octanol–water partition coefficient (Wildman–Crippen LogP) is 1.27. The molecule has 0 spiro atoms. The third kappa shape index (κ3) is 4.98. The molecular formula is C13H19FN2O4S. The maximum absolute atomic E-state index is 13.6. The van der Waals surface area contributed by atoms with E-state index in [0.717, 1.165) is 6.07 Å². The molecule has 0 aliphatic carbocycles. The number of hydrogen-bond acceptors (Lipinski definition) is 5. The number of carbonyl (C=O) groups is 1. The van der Waals surface area contributed by atoms with Crippen molar-refractivity contribution in [3.05, 3.63) is 29.1 Å². The maximum Gasteiger partial charge on any atom is 0.340 e. The Kier molecular flexibility index (Phi) is 6.10. The molecule has 21 heavy (non-hydrogen) atoms. The maximum atomic E-state index is 13.6. The molecular weight excluding hydrogens is 299 g/mol. The van der Waals surface area contributed by atoms with Crippen molar-refractivity contribution in [3.8, 4) is 0 Å². The van der Waals surface area contributed by atoms with E-state index in [4.69, 9.17) is 0 Å². The summed E-state index contributed by atoms with van der Waals surface area (Å²) in [7, 11) is -0.779. The van der Waals surface area contributed by atoms with Crippen molar-refractivity contribution in [2.75, 3.05) is 31.2 Å². The Hall–Kier alpha value is -1.67. The number of benzene rings is 1. The third-order valence-electron chi connectivity index (χ3n) is 2.81. The quantitative estimate of drug-likeness (QED) is 0.584. The lowest BCUT2D eigenvalue weighted by atomic mass is 10.1. The second kappa shape index (κ2) is 7.37. The zero-order valence-electron chi connectivity index (χ0n) is 12.2. The van der Waals surface area contributed by atoms with Crippen LogP contribution in [0.3, 0.4) is 0 Å². The number of hydrogen-bond donors (Lipinski definition) is 2. The standard InChI is InChI=1S/C13H19FN2O4S/c1-9-7-10(13(17)20-3)12(8-11(9)14)16-21(18,19)6-4-5-15-2/h7-8,15-16H,4-6H2,1-3H3. The largest absolute Gasteiger partial charge is 0.465 e. The van der Waals surface area contributed by atoms with Gasteiger partial charge >= 0.3 is 5.97 Å². The van der Waals surface area contributed by atoms with Crippen molar-refractivity contribution in [2.24, 2.45) is 0 Å². The van der Waals surface area contributed by atoms with Gasteiger partial charge in [-0.3, -0.25) is 4.72 Å². The second-order valence-electron chi connectivity index (χ2n) is 4.52. The van der Waals surface area contributed by atoms with Gasteiger partial charge < -0.3 is 10.1 Å². The first-order valence-corrected chi connectivity index (χ1v) is 7.99. The predicted molar refractivity (Wildman–Crippen MR) is 78.4 cm³/mol. The van der Waals surface area contributed by atoms with Gasteiger partial charge in [-0.05, 0) is 44.6 Å². The number of aryl methyl sites for hydroxylation is 1. The molecule has 0 aliphatic rings. The highest BCUT2D eigenvalue weighted by Crippen LogP contribution is 2.22. The highest BCUT2D eigenvalue weighted by atomic mass is 32.2. The van der Waals surface area contributed by atoms with Crippen molar-refractivity contribution in [1.82, 2.24) is 5.32 Å². The van der Waals surface area contributed by atoms with Gasteiger partial charge in [0, 0.05) is 0 Å². The summed E-state index contributed by atoms with van der Waals surface area (Å²) in [5.74, 6) is -1.47. The summed E-state index contributed by atoms with van der Waals surface area (Å²) in [5, 5.41) is 2.83. The van der Waals surface area contributed by atoms with Crippen molar-refractivity contribution in [3.63, 3.8) is 0 Å². The van der Waals surface area contributed by atoms with E-state index < -0.39 is 21.8 Å². The lowest BCUT2D eigenvalue weighted by Crippen LogP contribution is -2.22. The van der Waals surface area contributed by atoms with E-state index in [0.29, 0.717) is 13.0 Å². The van der Waals surface area contributed by atoms with Gasteiger partial charge in [0.1, 0.15) is 5.82 Å². The highest BCUT2D eigenvalue weighted by molar-refractivity contribution is 7.92. The van der Waals surface area contributed by atoms with Crippen LogP contribution < -0.4 is 10.0 Å². The average Bonchev–Trinajstić information content (AvgIpc) is 2.41. The fraction of sp³-hybridized carbons (Fsp3) is 0.462. The monoisotopic (exact) mass is 318 g/mol. The molecule has 2 N–H and O–H groups in total. The van der Waals surface area contributed by atoms with E-state index in [1.807, 2.05) is 0 Å². The van der Waals surface area contributed by atoms with Crippen molar-refractivity contribution in [2.45, 2.75) is 13.3 Å². The van der Waals surface area contributed by atoms with Gasteiger partial charge in [-0.1, -0.05) is 0 Å². The molecule has 0 saturated carbocycles. The molecule has 1 aromatic rings. The van der Waals surface area contributed by atoms with Crippen molar-refractivity contribution < 1.29 is 22.3 Å². The normalized spacial score (nSPS) is 11.2. The number of sulfonamides is 1. The number of halogens is 1. The third-order valence-corrected chi connectivity index (χ3v) is 4.17. The second-order valence-corrected chi connectivity index (χ2v) is 6.36. The minimum atomic E-state index is -3.67. The molecule has 0 aromatic heterocycles. The van der Waals surface area contributed by atoms with Crippen molar-refractivity contribution >= 4 is 21.7 Å². The molecule has 8 heteroatoms. The Bertz CT molecular complexity index is 617. The van der Waals surface area contributed by atoms with E-state index in [9.17, 15) is 17.6 Å². The van der Waals surface area contributed by atoms with E-state index >= 15 is 0 Å². The number of rotatable bonds is 7. The highest BCUT2D eigenvalue weighted by Gasteiger charge is 2.19. The van der Waals surface area contributed by atoms with Crippen molar-refractivity contribution in [1.29, 1.82) is 0 Å². The fourth-order valence-corrected chi connectivity index (χ4v) is 2.83. The smallest absolute Gasteiger partial charge is 0.340 e. The molecule has 0 heterocycles. The number of ether oxygens (including phenoxy) is 1. The lowest BCUT2D eigenvalue weighted by molar-refractivity contribution is 0.0602. The van der Waals surface area contributed by atoms with Crippen LogP contribution in [0, 0.1) is 12.7 Å². The molecule has 0 radical (unpaired) electrons. The van der Waals surface area contributed by atoms with Crippen LogP contribution in [-0.2, 0) is 14.8 Å². The molecule has 0 unspecified atom stereocenters. The molecule has 0 aliphatic heterocycles. The molecule has 0 saturated heterocycles. The van der Waals surface area contributed by atoms with E-state index in [1.54, 1.807) is 7.05 Å². The van der Waals surface area contributed by atoms with E-state index in [2.05, 4.69) is 14.8 Å². The number of esters is 1. The Morgan fingerprint density at radius 1 is 1.38 bits per heavy atom. The van der Waals surface area contributed by atoms with Crippen LogP contribution >= 0.6 is 0 Å². The first kappa shape index (κ1) is 17.4. The van der Waals surface area contributed by atoms with Crippen LogP contribution in [0.2, 0.25) is 0 Å². The molecule has 0 amide bonds. The number of carbonyl (C=O) groups excluding carboxylic acids is 1. The average molecular weight is 318 g/mol. The molecule has 1 rings (SSSR count). The number of nitrogens with one attached hydrogen (secondary N) is 2. The molecule has 0 fully saturated rings. The lowest BCUT2D eigenvalue weighted by Gasteiger charge is -2.13. The Morgan fingerprint density at radius 3 is 2.62 bits per heavy atom. The van der Waals surface area contributed by atoms with Crippen LogP contribution in [0.4, 0.5) is 10.1 Å². The summed E-state index contributed by atoms with van der Waals surface area (Å²) in [5.41, 5.74) is 0.0940. The first-order valence-electron chi connectivity index (χ1n) is 6.34. The fourth-order valence-electron chi connectivity index (χ4n) is 1.70. The van der Waals surface area contributed by atoms with Gasteiger partial charge in [-0.25, -0.2) is 17.6 Å². The molecule has 1 aromatic carbocycles. The minimum absolute atomic E-state index is 0.0198. The summed E-state index contributed by atoms with van der Waals surface area (Å²) in [6.07, 6.45) is 0.397. The summed E-state index contributed by atoms with van der Waals surface area (Å²) in [6, 6.07) is 2.24. The Balaban J connectivity index is 3.06. The van der Waals surface area contributed by atoms with Gasteiger partial charge in [0.15, 0.2) is 0 Å². The Morgan fingerprint density at radius 2 is 2.05 bits per heavy atom. The summed E-state index contributed by atoms with van der Waals surface area (Å²) >= 11 is 0. The van der Waals surface area contributed by atoms with Crippen LogP contribution in [0.15, 0.2) is 12.1 Å². The zero-order chi connectivity index (χ0) is 16.0. The summed E-state index contributed by atoms with van der Waals surface area (Å²) < 4.78 is 44.3. The van der Waals surface area contributed by atoms with Gasteiger partial charge in [0.05, 0.1) is 24.1 Å². The van der Waals surface area contributed by atoms with E-state index in [-0.39, 0.29) is 22.6 Å². The SMILES string of the molecule is CNCCCS(=O)(=O)Nc1cc(F)c(C)cc1C(=O)OC. The summed E-state index contributed by atoms with van der Waals surface area (Å²) in [6.45, 7) is 2.01. The van der Waals surface area contributed by atoms with Crippen LogP contribution in [0.5, 0.6) is 0 Å². The molecule has 118 valence electrons. The van der Waals surface area contributed by atoms with Crippen LogP contribution in [0.1, 0.15) is 22.3 Å². The van der Waals surface area contributed by atoms with Crippen LogP contribution in [0.25, 0.3) is 0 Å². The minimum Gasteiger partial charge on any atom is -0.465 e. The van der Waals surface area contributed by atoms with E-state index in [1.165, 1.54) is 20.1 Å². The molecule has 0 atom stereocenters. The number of methoxy groups -OCH3 is 1. The van der Waals surface area contributed by atoms with Gasteiger partial charge in [-0.2, -0.15) is 0 Å². The zero-order valence-corrected chi connectivity index (χ0v) is 13.0. The molecule has 0 bridgehead atoms. The first-order chi connectivity index (χ1) is 9.80. The molecule has 6 nitrogen and oxygen atoms in total. The topological polar surface area (TPSA) is 84.5 Å².